The summed E-state index contributed by atoms with van der Waals surface area (Å²) in [6.45, 7) is 0. The van der Waals surface area contributed by atoms with Gasteiger partial charge in [0.05, 0.1) is 11.1 Å². The highest BCUT2D eigenvalue weighted by atomic mass is 19.4. The molecule has 5 nitrogen and oxygen atoms in total. The van der Waals surface area contributed by atoms with Gasteiger partial charge in [-0.25, -0.2) is 4.39 Å². The van der Waals surface area contributed by atoms with Gasteiger partial charge in [-0.05, 0) is 42.0 Å². The lowest BCUT2D eigenvalue weighted by atomic mass is 10.0. The number of hydrogen-bond acceptors (Lipinski definition) is 4. The number of halogens is 4. The molecule has 0 spiro atoms. The predicted octanol–water partition coefficient (Wildman–Crippen LogP) is 5.41. The molecule has 162 valence electrons. The second-order valence-electron chi connectivity index (χ2n) is 6.81. The van der Waals surface area contributed by atoms with Gasteiger partial charge in [-0.3, -0.25) is 4.79 Å². The van der Waals surface area contributed by atoms with Crippen molar-refractivity contribution in [1.29, 1.82) is 0 Å². The van der Waals surface area contributed by atoms with Crippen LogP contribution in [0.1, 0.15) is 33.4 Å². The number of carbonyl (C=O) groups excluding carboxylic acids is 1. The van der Waals surface area contributed by atoms with Crippen LogP contribution < -0.4 is 5.32 Å². The average molecular weight is 441 g/mol. The number of nitrogens with zero attached hydrogens (tertiary/aromatic N) is 2. The molecular weight excluding hydrogens is 426 g/mol. The van der Waals surface area contributed by atoms with Gasteiger partial charge in [-0.1, -0.05) is 42.5 Å². The van der Waals surface area contributed by atoms with Crippen LogP contribution in [0.5, 0.6) is 0 Å². The molecule has 0 aliphatic carbocycles. The van der Waals surface area contributed by atoms with Gasteiger partial charge in [0.25, 0.3) is 5.91 Å². The Morgan fingerprint density at radius 1 is 0.875 bits per heavy atom. The Bertz CT molecular complexity index is 1220. The molecule has 1 amide bonds. The summed E-state index contributed by atoms with van der Waals surface area (Å²) >= 11 is 0. The Morgan fingerprint density at radius 2 is 1.53 bits per heavy atom. The fraction of sp³-hybridized carbons (Fsp3) is 0.0870. The van der Waals surface area contributed by atoms with Crippen LogP contribution in [0.25, 0.3) is 11.5 Å². The summed E-state index contributed by atoms with van der Waals surface area (Å²) < 4.78 is 59.2. The number of benzene rings is 3. The van der Waals surface area contributed by atoms with E-state index in [1.54, 1.807) is 30.3 Å². The van der Waals surface area contributed by atoms with E-state index in [1.165, 1.54) is 24.3 Å². The molecule has 4 rings (SSSR count). The van der Waals surface area contributed by atoms with Crippen molar-refractivity contribution in [3.05, 3.63) is 107 Å². The largest absolute Gasteiger partial charge is 0.418 e. The number of nitrogens with one attached hydrogen (secondary N) is 1. The van der Waals surface area contributed by atoms with Crippen molar-refractivity contribution in [1.82, 2.24) is 15.5 Å². The third-order valence-corrected chi connectivity index (χ3v) is 4.66. The van der Waals surface area contributed by atoms with Crippen molar-refractivity contribution in [2.75, 3.05) is 0 Å². The first kappa shape index (κ1) is 21.2. The van der Waals surface area contributed by atoms with Crippen molar-refractivity contribution in [2.24, 2.45) is 0 Å². The molecule has 1 aromatic heterocycles. The maximum Gasteiger partial charge on any atom is 0.417 e. The molecule has 0 radical (unpaired) electrons. The quantitative estimate of drug-likeness (QED) is 0.421. The normalized spacial score (nSPS) is 12.4. The predicted molar refractivity (Wildman–Crippen MR) is 107 cm³/mol. The van der Waals surface area contributed by atoms with E-state index in [9.17, 15) is 22.4 Å². The number of alkyl halides is 3. The van der Waals surface area contributed by atoms with Crippen LogP contribution in [0.15, 0.2) is 83.3 Å². The third kappa shape index (κ3) is 4.51. The van der Waals surface area contributed by atoms with Crippen LogP contribution in [-0.2, 0) is 6.18 Å². The van der Waals surface area contributed by atoms with Crippen LogP contribution in [-0.4, -0.2) is 16.1 Å². The van der Waals surface area contributed by atoms with Gasteiger partial charge in [0, 0.05) is 5.56 Å². The molecule has 32 heavy (non-hydrogen) atoms. The summed E-state index contributed by atoms with van der Waals surface area (Å²) in [4.78, 5) is 12.8. The van der Waals surface area contributed by atoms with E-state index in [2.05, 4.69) is 15.5 Å². The zero-order valence-corrected chi connectivity index (χ0v) is 16.3. The molecule has 4 aromatic rings. The van der Waals surface area contributed by atoms with E-state index in [4.69, 9.17) is 4.42 Å². The van der Waals surface area contributed by atoms with Gasteiger partial charge in [-0.2, -0.15) is 13.2 Å². The SMILES string of the molecule is O=C(NC(c1ccc(F)cc1)c1nnc(-c2ccccc2)o1)c1ccccc1C(F)(F)F. The molecule has 3 aromatic carbocycles. The van der Waals surface area contributed by atoms with Gasteiger partial charge < -0.3 is 9.73 Å². The van der Waals surface area contributed by atoms with E-state index < -0.39 is 35.1 Å². The van der Waals surface area contributed by atoms with Crippen LogP contribution in [0.4, 0.5) is 17.6 Å². The Kier molecular flexibility index (Phi) is 5.72. The zero-order valence-electron chi connectivity index (χ0n) is 16.3. The summed E-state index contributed by atoms with van der Waals surface area (Å²) in [6.07, 6.45) is -4.72. The van der Waals surface area contributed by atoms with Crippen molar-refractivity contribution in [3.8, 4) is 11.5 Å². The number of hydrogen-bond donors (Lipinski definition) is 1. The van der Waals surface area contributed by atoms with Gasteiger partial charge >= 0.3 is 6.18 Å². The summed E-state index contributed by atoms with van der Waals surface area (Å²) in [6, 6.07) is 17.2. The Balaban J connectivity index is 1.71. The van der Waals surface area contributed by atoms with Crippen molar-refractivity contribution in [2.45, 2.75) is 12.2 Å². The monoisotopic (exact) mass is 441 g/mol. The maximum atomic E-state index is 13.4. The lowest BCUT2D eigenvalue weighted by Gasteiger charge is -2.18. The molecule has 0 saturated heterocycles. The molecular formula is C23H15F4N3O2. The van der Waals surface area contributed by atoms with E-state index in [0.717, 1.165) is 24.3 Å². The maximum absolute atomic E-state index is 13.4. The van der Waals surface area contributed by atoms with E-state index in [0.29, 0.717) is 11.1 Å². The van der Waals surface area contributed by atoms with Crippen LogP contribution >= 0.6 is 0 Å². The number of rotatable bonds is 5. The van der Waals surface area contributed by atoms with Gasteiger partial charge in [0.1, 0.15) is 11.9 Å². The van der Waals surface area contributed by atoms with Gasteiger partial charge in [0.15, 0.2) is 0 Å². The Morgan fingerprint density at radius 3 is 2.22 bits per heavy atom. The van der Waals surface area contributed by atoms with Gasteiger partial charge in [-0.15, -0.1) is 10.2 Å². The van der Waals surface area contributed by atoms with E-state index in [1.807, 2.05) is 0 Å². The Hall–Kier alpha value is -4.01. The molecule has 9 heteroatoms. The van der Waals surface area contributed by atoms with Crippen molar-refractivity contribution >= 4 is 5.91 Å². The molecule has 0 saturated carbocycles. The zero-order chi connectivity index (χ0) is 22.7. The first-order chi connectivity index (χ1) is 15.3. The second-order valence-corrected chi connectivity index (χ2v) is 6.81. The smallest absolute Gasteiger partial charge is 0.417 e. The van der Waals surface area contributed by atoms with Gasteiger partial charge in [0.2, 0.25) is 11.8 Å². The number of amides is 1. The van der Waals surface area contributed by atoms with Crippen molar-refractivity contribution < 1.29 is 26.8 Å². The molecule has 1 unspecified atom stereocenters. The summed E-state index contributed by atoms with van der Waals surface area (Å²) in [5.74, 6) is -1.41. The average Bonchev–Trinajstić information content (AvgIpc) is 3.28. The second kappa shape index (κ2) is 8.62. The van der Waals surface area contributed by atoms with E-state index in [-0.39, 0.29) is 11.8 Å². The fourth-order valence-electron chi connectivity index (χ4n) is 3.13. The van der Waals surface area contributed by atoms with Crippen LogP contribution in [0, 0.1) is 5.82 Å². The lowest BCUT2D eigenvalue weighted by Crippen LogP contribution is -2.31. The first-order valence-corrected chi connectivity index (χ1v) is 9.44. The fourth-order valence-corrected chi connectivity index (χ4v) is 3.13. The van der Waals surface area contributed by atoms with Crippen LogP contribution in [0.3, 0.4) is 0 Å². The number of aromatic nitrogens is 2. The number of carbonyl (C=O) groups is 1. The molecule has 0 aliphatic rings. The third-order valence-electron chi connectivity index (χ3n) is 4.66. The highest BCUT2D eigenvalue weighted by Gasteiger charge is 2.35. The topological polar surface area (TPSA) is 68.0 Å². The molecule has 0 aliphatic heterocycles. The van der Waals surface area contributed by atoms with Crippen LogP contribution in [0.2, 0.25) is 0 Å². The highest BCUT2D eigenvalue weighted by Crippen LogP contribution is 2.32. The van der Waals surface area contributed by atoms with Crippen molar-refractivity contribution in [3.63, 3.8) is 0 Å². The summed E-state index contributed by atoms with van der Waals surface area (Å²) in [7, 11) is 0. The molecule has 1 N–H and O–H groups in total. The summed E-state index contributed by atoms with van der Waals surface area (Å²) in [5, 5.41) is 10.4. The Labute approximate surface area is 179 Å². The molecule has 1 atom stereocenters. The highest BCUT2D eigenvalue weighted by molar-refractivity contribution is 5.96. The molecule has 0 bridgehead atoms. The first-order valence-electron chi connectivity index (χ1n) is 9.44. The molecule has 0 fully saturated rings. The minimum atomic E-state index is -4.72. The minimum absolute atomic E-state index is 0.0618. The summed E-state index contributed by atoms with van der Waals surface area (Å²) in [5.41, 5.74) is -0.661. The lowest BCUT2D eigenvalue weighted by molar-refractivity contribution is -0.137. The minimum Gasteiger partial charge on any atom is -0.418 e. The molecule has 1 heterocycles. The standard InChI is InChI=1S/C23H15F4N3O2/c24-16-12-10-14(11-13-16)19(22-30-29-21(32-22)15-6-2-1-3-7-15)28-20(31)17-8-4-5-9-18(17)23(25,26)27/h1-13,19H,(H,28,31). The van der Waals surface area contributed by atoms with E-state index >= 15 is 0 Å².